The van der Waals surface area contributed by atoms with E-state index in [1.54, 1.807) is 0 Å². The summed E-state index contributed by atoms with van der Waals surface area (Å²) in [6, 6.07) is 0. The number of hydrogen-bond acceptors (Lipinski definition) is 2. The Labute approximate surface area is 103 Å². The van der Waals surface area contributed by atoms with Crippen LogP contribution in [0.1, 0.15) is 52.4 Å². The molecule has 0 saturated heterocycles. The standard InChI is InChI=1S/C13H23NO3/c1-3-13(4-2,12(16)17)9-14-11(15)10-7-5-6-8-10/h10H,3-9H2,1-2H3,(H,14,15)(H,16,17). The van der Waals surface area contributed by atoms with Crippen molar-refractivity contribution < 1.29 is 14.7 Å². The van der Waals surface area contributed by atoms with Crippen LogP contribution >= 0.6 is 0 Å². The first-order valence-corrected chi connectivity index (χ1v) is 6.57. The number of rotatable bonds is 6. The van der Waals surface area contributed by atoms with E-state index in [1.807, 2.05) is 13.8 Å². The molecular formula is C13H23NO3. The predicted molar refractivity (Wildman–Crippen MR) is 65.6 cm³/mol. The van der Waals surface area contributed by atoms with Gasteiger partial charge in [0.25, 0.3) is 0 Å². The van der Waals surface area contributed by atoms with Gasteiger partial charge < -0.3 is 10.4 Å². The highest BCUT2D eigenvalue weighted by atomic mass is 16.4. The first-order valence-electron chi connectivity index (χ1n) is 6.57. The molecule has 0 heterocycles. The third kappa shape index (κ3) is 3.20. The van der Waals surface area contributed by atoms with Crippen molar-refractivity contribution in [3.05, 3.63) is 0 Å². The van der Waals surface area contributed by atoms with Gasteiger partial charge in [-0.05, 0) is 25.7 Å². The molecule has 0 bridgehead atoms. The zero-order chi connectivity index (χ0) is 12.9. The van der Waals surface area contributed by atoms with Gasteiger partial charge in [-0.2, -0.15) is 0 Å². The minimum absolute atomic E-state index is 0.0371. The van der Waals surface area contributed by atoms with E-state index in [9.17, 15) is 14.7 Å². The summed E-state index contributed by atoms with van der Waals surface area (Å²) in [5.41, 5.74) is -0.797. The summed E-state index contributed by atoms with van der Waals surface area (Å²) in [7, 11) is 0. The van der Waals surface area contributed by atoms with E-state index in [0.717, 1.165) is 25.7 Å². The molecule has 0 radical (unpaired) electrons. The van der Waals surface area contributed by atoms with Gasteiger partial charge in [0.15, 0.2) is 0 Å². The monoisotopic (exact) mass is 241 g/mol. The van der Waals surface area contributed by atoms with Crippen LogP contribution in [0.4, 0.5) is 0 Å². The van der Waals surface area contributed by atoms with E-state index in [1.165, 1.54) is 0 Å². The van der Waals surface area contributed by atoms with Crippen molar-refractivity contribution in [3.63, 3.8) is 0 Å². The maximum atomic E-state index is 11.8. The SMILES string of the molecule is CCC(CC)(CNC(=O)C1CCCC1)C(=O)O. The molecule has 4 heteroatoms. The van der Waals surface area contributed by atoms with Gasteiger partial charge in [0.2, 0.25) is 5.91 Å². The van der Waals surface area contributed by atoms with Gasteiger partial charge in [-0.25, -0.2) is 0 Å². The van der Waals surface area contributed by atoms with Crippen LogP contribution in [0.25, 0.3) is 0 Å². The summed E-state index contributed by atoms with van der Waals surface area (Å²) in [5, 5.41) is 12.1. The van der Waals surface area contributed by atoms with Crippen molar-refractivity contribution >= 4 is 11.9 Å². The molecule has 0 aromatic carbocycles. The Morgan fingerprint density at radius 1 is 1.24 bits per heavy atom. The van der Waals surface area contributed by atoms with Crippen LogP contribution in [-0.4, -0.2) is 23.5 Å². The fraction of sp³-hybridized carbons (Fsp3) is 0.846. The van der Waals surface area contributed by atoms with Crippen molar-refractivity contribution in [1.29, 1.82) is 0 Å². The third-order valence-electron chi connectivity index (χ3n) is 4.13. The molecule has 4 nitrogen and oxygen atoms in total. The Morgan fingerprint density at radius 3 is 2.18 bits per heavy atom. The van der Waals surface area contributed by atoms with Crippen LogP contribution < -0.4 is 5.32 Å². The second-order valence-electron chi connectivity index (χ2n) is 4.99. The quantitative estimate of drug-likeness (QED) is 0.749. The Balaban J connectivity index is 2.51. The minimum atomic E-state index is -0.811. The summed E-state index contributed by atoms with van der Waals surface area (Å²) in [6.45, 7) is 3.98. The molecule has 0 aromatic rings. The van der Waals surface area contributed by atoms with Gasteiger partial charge in [0.05, 0.1) is 5.41 Å². The molecule has 1 aliphatic rings. The molecule has 0 unspecified atom stereocenters. The Bertz CT molecular complexity index is 278. The summed E-state index contributed by atoms with van der Waals surface area (Å²) < 4.78 is 0. The number of carboxylic acids is 1. The molecule has 17 heavy (non-hydrogen) atoms. The van der Waals surface area contributed by atoms with Crippen molar-refractivity contribution in [2.75, 3.05) is 6.54 Å². The Kier molecular flexibility index (Phi) is 4.97. The summed E-state index contributed by atoms with van der Waals surface area (Å²) in [6.07, 6.45) is 5.22. The molecule has 1 fully saturated rings. The van der Waals surface area contributed by atoms with E-state index in [-0.39, 0.29) is 18.4 Å². The first kappa shape index (κ1) is 14.0. The van der Waals surface area contributed by atoms with Crippen LogP contribution in [0.15, 0.2) is 0 Å². The summed E-state index contributed by atoms with van der Waals surface area (Å²) in [5.74, 6) is -0.667. The maximum absolute atomic E-state index is 11.8. The van der Waals surface area contributed by atoms with E-state index < -0.39 is 11.4 Å². The molecule has 0 spiro atoms. The summed E-state index contributed by atoms with van der Waals surface area (Å²) >= 11 is 0. The molecule has 2 N–H and O–H groups in total. The topological polar surface area (TPSA) is 66.4 Å². The predicted octanol–water partition coefficient (Wildman–Crippen LogP) is 2.18. The van der Waals surface area contributed by atoms with Crippen molar-refractivity contribution in [2.24, 2.45) is 11.3 Å². The van der Waals surface area contributed by atoms with Gasteiger partial charge in [-0.3, -0.25) is 9.59 Å². The molecule has 98 valence electrons. The highest BCUT2D eigenvalue weighted by Crippen LogP contribution is 2.27. The zero-order valence-corrected chi connectivity index (χ0v) is 10.8. The highest BCUT2D eigenvalue weighted by Gasteiger charge is 2.35. The smallest absolute Gasteiger partial charge is 0.311 e. The lowest BCUT2D eigenvalue weighted by Crippen LogP contribution is -2.43. The first-order chi connectivity index (χ1) is 8.05. The Hall–Kier alpha value is -1.06. The van der Waals surface area contributed by atoms with E-state index in [2.05, 4.69) is 5.32 Å². The number of aliphatic carboxylic acids is 1. The van der Waals surface area contributed by atoms with E-state index in [4.69, 9.17) is 0 Å². The lowest BCUT2D eigenvalue weighted by Gasteiger charge is -2.27. The molecule has 0 atom stereocenters. The van der Waals surface area contributed by atoms with E-state index >= 15 is 0 Å². The van der Waals surface area contributed by atoms with Gasteiger partial charge in [-0.1, -0.05) is 26.7 Å². The zero-order valence-electron chi connectivity index (χ0n) is 10.8. The molecule has 0 aromatic heterocycles. The molecule has 1 rings (SSSR count). The largest absolute Gasteiger partial charge is 0.481 e. The average molecular weight is 241 g/mol. The number of amides is 1. The normalized spacial score (nSPS) is 17.1. The lowest BCUT2D eigenvalue weighted by atomic mass is 9.82. The van der Waals surface area contributed by atoms with Gasteiger partial charge in [0.1, 0.15) is 0 Å². The maximum Gasteiger partial charge on any atom is 0.311 e. The van der Waals surface area contributed by atoms with Crippen molar-refractivity contribution in [2.45, 2.75) is 52.4 Å². The second kappa shape index (κ2) is 6.03. The van der Waals surface area contributed by atoms with Crippen LogP contribution in [0.5, 0.6) is 0 Å². The Morgan fingerprint density at radius 2 is 1.76 bits per heavy atom. The molecule has 1 amide bonds. The average Bonchev–Trinajstić information content (AvgIpc) is 2.84. The van der Waals surface area contributed by atoms with Crippen LogP contribution in [0, 0.1) is 11.3 Å². The fourth-order valence-electron chi connectivity index (χ4n) is 2.47. The lowest BCUT2D eigenvalue weighted by molar-refractivity contribution is -0.149. The van der Waals surface area contributed by atoms with Crippen molar-refractivity contribution in [1.82, 2.24) is 5.32 Å². The number of hydrogen-bond donors (Lipinski definition) is 2. The van der Waals surface area contributed by atoms with Crippen LogP contribution in [-0.2, 0) is 9.59 Å². The second-order valence-corrected chi connectivity index (χ2v) is 4.99. The third-order valence-corrected chi connectivity index (χ3v) is 4.13. The summed E-state index contributed by atoms with van der Waals surface area (Å²) in [4.78, 5) is 23.1. The molecule has 1 saturated carbocycles. The van der Waals surface area contributed by atoms with Gasteiger partial charge in [0, 0.05) is 12.5 Å². The van der Waals surface area contributed by atoms with Crippen LogP contribution in [0.2, 0.25) is 0 Å². The molecular weight excluding hydrogens is 218 g/mol. The number of nitrogens with one attached hydrogen (secondary N) is 1. The number of carbonyl (C=O) groups excluding carboxylic acids is 1. The van der Waals surface area contributed by atoms with Crippen LogP contribution in [0.3, 0.4) is 0 Å². The fourth-order valence-corrected chi connectivity index (χ4v) is 2.47. The van der Waals surface area contributed by atoms with Gasteiger partial charge in [-0.15, -0.1) is 0 Å². The highest BCUT2D eigenvalue weighted by molar-refractivity contribution is 5.80. The molecule has 0 aliphatic heterocycles. The van der Waals surface area contributed by atoms with Gasteiger partial charge >= 0.3 is 5.97 Å². The molecule has 1 aliphatic carbocycles. The van der Waals surface area contributed by atoms with E-state index in [0.29, 0.717) is 12.8 Å². The minimum Gasteiger partial charge on any atom is -0.481 e. The number of carbonyl (C=O) groups is 2. The number of carboxylic acid groups (broad SMARTS) is 1. The van der Waals surface area contributed by atoms with Crippen molar-refractivity contribution in [3.8, 4) is 0 Å².